The Hall–Kier alpha value is -2.07. The number of thiophene rings is 1. The normalized spacial score (nSPS) is 9.85. The van der Waals surface area contributed by atoms with Crippen molar-refractivity contribution in [1.82, 2.24) is 0 Å². The fourth-order valence-electron chi connectivity index (χ4n) is 1.54. The van der Waals surface area contributed by atoms with Gasteiger partial charge >= 0.3 is 11.9 Å². The number of rotatable bonds is 6. The molecule has 1 rings (SSSR count). The molecule has 0 saturated carbocycles. The molecule has 1 aromatic heterocycles. The Morgan fingerprint density at radius 3 is 2.60 bits per heavy atom. The molecule has 0 spiro atoms. The minimum atomic E-state index is -0.563. The molecule has 0 unspecified atom stereocenters. The highest BCUT2D eigenvalue weighted by atomic mass is 32.1. The summed E-state index contributed by atoms with van der Waals surface area (Å²) in [6, 6.07) is 1.92. The number of carbonyl (C=O) groups is 2. The summed E-state index contributed by atoms with van der Waals surface area (Å²) in [5, 5.41) is 9.30. The first kappa shape index (κ1) is 16.0. The van der Waals surface area contributed by atoms with Crippen LogP contribution in [0.2, 0.25) is 0 Å². The quantitative estimate of drug-likeness (QED) is 0.807. The fraction of sp³-hybridized carbons (Fsp3) is 0.462. The number of hydrogen-bond acceptors (Lipinski definition) is 7. The highest BCUT2D eigenvalue weighted by Gasteiger charge is 2.23. The molecule has 0 aromatic carbocycles. The lowest BCUT2D eigenvalue weighted by Crippen LogP contribution is -2.09. The molecule has 0 amide bonds. The third-order valence-electron chi connectivity index (χ3n) is 2.44. The van der Waals surface area contributed by atoms with E-state index in [1.165, 1.54) is 0 Å². The zero-order valence-electron chi connectivity index (χ0n) is 11.4. The van der Waals surface area contributed by atoms with Crippen LogP contribution in [-0.4, -0.2) is 18.5 Å². The monoisotopic (exact) mass is 296 g/mol. The molecule has 0 saturated heterocycles. The molecular formula is C13H16N2O4S. The topological polar surface area (TPSA) is 102 Å². The molecule has 0 aliphatic heterocycles. The van der Waals surface area contributed by atoms with Crippen LogP contribution in [0.4, 0.5) is 5.00 Å². The summed E-state index contributed by atoms with van der Waals surface area (Å²) in [6.07, 6.45) is 0.955. The Labute approximate surface area is 121 Å². The van der Waals surface area contributed by atoms with Crippen LogP contribution < -0.4 is 5.73 Å². The van der Waals surface area contributed by atoms with Crippen molar-refractivity contribution in [2.45, 2.75) is 33.3 Å². The van der Waals surface area contributed by atoms with Crippen molar-refractivity contribution in [2.75, 3.05) is 12.3 Å². The number of esters is 2. The van der Waals surface area contributed by atoms with Crippen molar-refractivity contribution in [3.8, 4) is 6.07 Å². The summed E-state index contributed by atoms with van der Waals surface area (Å²) in [5.41, 5.74) is 6.19. The standard InChI is InChI=1S/C13H16N2O4S/c1-3-5-10(16)19-7-9-8(6-14)12(15)20-11(9)13(17)18-4-2/h3-5,7,15H2,1-2H3. The molecule has 7 heteroatoms. The van der Waals surface area contributed by atoms with Crippen LogP contribution in [0.3, 0.4) is 0 Å². The summed E-state index contributed by atoms with van der Waals surface area (Å²) in [6.45, 7) is 3.60. The molecule has 1 heterocycles. The molecule has 108 valence electrons. The SMILES string of the molecule is CCCC(=O)OCc1c(C(=O)OCC)sc(N)c1C#N. The third kappa shape index (κ3) is 3.71. The van der Waals surface area contributed by atoms with Gasteiger partial charge in [0.15, 0.2) is 0 Å². The maximum absolute atomic E-state index is 11.8. The van der Waals surface area contributed by atoms with E-state index < -0.39 is 5.97 Å². The maximum atomic E-state index is 11.8. The lowest BCUT2D eigenvalue weighted by atomic mass is 10.1. The number of ether oxygens (including phenoxy) is 2. The maximum Gasteiger partial charge on any atom is 0.348 e. The van der Waals surface area contributed by atoms with Crippen LogP contribution in [0.5, 0.6) is 0 Å². The Kier molecular flexibility index (Phi) is 6.00. The van der Waals surface area contributed by atoms with Crippen LogP contribution in [0.15, 0.2) is 0 Å². The first-order valence-electron chi connectivity index (χ1n) is 6.19. The second-order valence-corrected chi connectivity index (χ2v) is 4.94. The fourth-order valence-corrected chi connectivity index (χ4v) is 2.45. The largest absolute Gasteiger partial charge is 0.462 e. The van der Waals surface area contributed by atoms with Crippen molar-refractivity contribution in [3.63, 3.8) is 0 Å². The molecule has 0 aliphatic rings. The second kappa shape index (κ2) is 7.50. The average Bonchev–Trinajstić information content (AvgIpc) is 2.73. The van der Waals surface area contributed by atoms with Gasteiger partial charge in [0.1, 0.15) is 22.6 Å². The summed E-state index contributed by atoms with van der Waals surface area (Å²) >= 11 is 0.968. The highest BCUT2D eigenvalue weighted by molar-refractivity contribution is 7.18. The van der Waals surface area contributed by atoms with Gasteiger partial charge in [0.25, 0.3) is 0 Å². The van der Waals surface area contributed by atoms with Crippen LogP contribution in [-0.2, 0) is 20.9 Å². The minimum absolute atomic E-state index is 0.149. The van der Waals surface area contributed by atoms with Gasteiger partial charge in [-0.05, 0) is 13.3 Å². The van der Waals surface area contributed by atoms with Gasteiger partial charge in [0.05, 0.1) is 12.2 Å². The van der Waals surface area contributed by atoms with Crippen LogP contribution in [0.25, 0.3) is 0 Å². The number of nitrogen functional groups attached to an aromatic ring is 1. The summed E-state index contributed by atoms with van der Waals surface area (Å²) in [4.78, 5) is 23.4. The van der Waals surface area contributed by atoms with Crippen LogP contribution >= 0.6 is 11.3 Å². The summed E-state index contributed by atoms with van der Waals surface area (Å²) < 4.78 is 9.95. The van der Waals surface area contributed by atoms with Gasteiger partial charge in [-0.2, -0.15) is 5.26 Å². The lowest BCUT2D eigenvalue weighted by molar-refractivity contribution is -0.145. The highest BCUT2D eigenvalue weighted by Crippen LogP contribution is 2.31. The van der Waals surface area contributed by atoms with E-state index in [-0.39, 0.29) is 41.0 Å². The zero-order chi connectivity index (χ0) is 15.1. The van der Waals surface area contributed by atoms with Gasteiger partial charge in [-0.25, -0.2) is 4.79 Å². The van der Waals surface area contributed by atoms with Crippen molar-refractivity contribution < 1.29 is 19.1 Å². The average molecular weight is 296 g/mol. The van der Waals surface area contributed by atoms with E-state index in [9.17, 15) is 9.59 Å². The lowest BCUT2D eigenvalue weighted by Gasteiger charge is -2.06. The Bertz CT molecular complexity index is 545. The van der Waals surface area contributed by atoms with Gasteiger partial charge < -0.3 is 15.2 Å². The van der Waals surface area contributed by atoms with Crippen molar-refractivity contribution >= 4 is 28.3 Å². The first-order chi connectivity index (χ1) is 9.54. The first-order valence-corrected chi connectivity index (χ1v) is 7.00. The van der Waals surface area contributed by atoms with E-state index in [0.29, 0.717) is 12.0 Å². The van der Waals surface area contributed by atoms with Gasteiger partial charge in [-0.1, -0.05) is 6.92 Å². The van der Waals surface area contributed by atoms with E-state index in [1.807, 2.05) is 13.0 Å². The molecule has 20 heavy (non-hydrogen) atoms. The number of nitrogens with two attached hydrogens (primary N) is 1. The predicted octanol–water partition coefficient (Wildman–Crippen LogP) is 2.22. The smallest absolute Gasteiger partial charge is 0.348 e. The van der Waals surface area contributed by atoms with Crippen molar-refractivity contribution in [3.05, 3.63) is 16.0 Å². The predicted molar refractivity (Wildman–Crippen MR) is 74.1 cm³/mol. The van der Waals surface area contributed by atoms with Gasteiger partial charge in [0, 0.05) is 12.0 Å². The number of carbonyl (C=O) groups excluding carboxylic acids is 2. The minimum Gasteiger partial charge on any atom is -0.462 e. The Morgan fingerprint density at radius 2 is 2.05 bits per heavy atom. The van der Waals surface area contributed by atoms with E-state index >= 15 is 0 Å². The molecule has 2 N–H and O–H groups in total. The molecule has 1 aromatic rings. The Balaban J connectivity index is 2.99. The van der Waals surface area contributed by atoms with Gasteiger partial charge in [-0.15, -0.1) is 11.3 Å². The van der Waals surface area contributed by atoms with Crippen molar-refractivity contribution in [2.24, 2.45) is 0 Å². The van der Waals surface area contributed by atoms with E-state index in [1.54, 1.807) is 6.92 Å². The van der Waals surface area contributed by atoms with Crippen LogP contribution in [0.1, 0.15) is 47.5 Å². The number of anilines is 1. The van der Waals surface area contributed by atoms with Gasteiger partial charge in [0.2, 0.25) is 0 Å². The van der Waals surface area contributed by atoms with E-state index in [2.05, 4.69) is 0 Å². The summed E-state index contributed by atoms with van der Waals surface area (Å²) in [7, 11) is 0. The van der Waals surface area contributed by atoms with Crippen LogP contribution in [0, 0.1) is 11.3 Å². The molecule has 0 aliphatic carbocycles. The third-order valence-corrected chi connectivity index (χ3v) is 3.48. The van der Waals surface area contributed by atoms with Gasteiger partial charge in [-0.3, -0.25) is 4.79 Å². The molecule has 6 nitrogen and oxygen atoms in total. The van der Waals surface area contributed by atoms with E-state index in [0.717, 1.165) is 11.3 Å². The van der Waals surface area contributed by atoms with Crippen molar-refractivity contribution in [1.29, 1.82) is 5.26 Å². The molecular weight excluding hydrogens is 280 g/mol. The number of hydrogen-bond donors (Lipinski definition) is 1. The molecule has 0 fully saturated rings. The second-order valence-electron chi connectivity index (χ2n) is 3.89. The van der Waals surface area contributed by atoms with E-state index in [4.69, 9.17) is 20.5 Å². The zero-order valence-corrected chi connectivity index (χ0v) is 12.2. The number of nitrogens with zero attached hydrogens (tertiary/aromatic N) is 1. The summed E-state index contributed by atoms with van der Waals surface area (Å²) in [5.74, 6) is -0.941. The molecule has 0 atom stereocenters. The molecule has 0 radical (unpaired) electrons. The Morgan fingerprint density at radius 1 is 1.35 bits per heavy atom. The number of nitriles is 1. The molecule has 0 bridgehead atoms.